The first-order valence-electron chi connectivity index (χ1n) is 11.9. The van der Waals surface area contributed by atoms with E-state index in [1.54, 1.807) is 48.8 Å². The fourth-order valence-corrected chi connectivity index (χ4v) is 3.59. The lowest BCUT2D eigenvalue weighted by Crippen LogP contribution is -2.08. The number of unbranched alkanes of at least 4 members (excludes halogenated alkanes) is 3. The van der Waals surface area contributed by atoms with Gasteiger partial charge in [-0.2, -0.15) is 0 Å². The van der Waals surface area contributed by atoms with Crippen LogP contribution in [0.15, 0.2) is 54.9 Å². The number of benzene rings is 2. The summed E-state index contributed by atoms with van der Waals surface area (Å²) in [7, 11) is 0. The molecule has 1 N–H and O–H groups in total. The Morgan fingerprint density at radius 3 is 2.38 bits per heavy atom. The molecular formula is C28H32F2N2O2. The van der Waals surface area contributed by atoms with E-state index in [1.807, 2.05) is 6.08 Å². The highest BCUT2D eigenvalue weighted by molar-refractivity contribution is 5.65. The fourth-order valence-electron chi connectivity index (χ4n) is 3.59. The fraction of sp³-hybridized carbons (Fsp3) is 0.357. The molecule has 1 heterocycles. The first kappa shape index (κ1) is 25.5. The van der Waals surface area contributed by atoms with Gasteiger partial charge in [0, 0.05) is 30.1 Å². The van der Waals surface area contributed by atoms with Crippen molar-refractivity contribution in [1.29, 1.82) is 0 Å². The number of ether oxygens (including phenoxy) is 1. The van der Waals surface area contributed by atoms with Crippen LogP contribution < -0.4 is 0 Å². The molecule has 0 fully saturated rings. The Morgan fingerprint density at radius 1 is 0.941 bits per heavy atom. The molecule has 0 radical (unpaired) electrons. The lowest BCUT2D eigenvalue weighted by molar-refractivity contribution is 0.0566. The Kier molecular flexibility index (Phi) is 9.71. The summed E-state index contributed by atoms with van der Waals surface area (Å²) in [6.07, 6.45) is 12.9. The third-order valence-electron chi connectivity index (χ3n) is 5.63. The summed E-state index contributed by atoms with van der Waals surface area (Å²) >= 11 is 0. The van der Waals surface area contributed by atoms with Gasteiger partial charge in [0.05, 0.1) is 11.7 Å². The molecule has 1 atom stereocenters. The number of aromatic nitrogens is 2. The van der Waals surface area contributed by atoms with Gasteiger partial charge in [-0.25, -0.2) is 18.7 Å². The zero-order valence-electron chi connectivity index (χ0n) is 19.8. The van der Waals surface area contributed by atoms with Gasteiger partial charge in [0.1, 0.15) is 5.75 Å². The standard InChI is InChI=1S/C28H32F2N2O2/c1-3-4-8-17-34-20(2)9-6-5-7-10-22-13-16-25(27(30)26(22)29)28-31-18-23(19-32-28)21-11-14-24(33)15-12-21/h7,10-16,18-20,33H,3-6,8-9,17H2,1-2H3. The topological polar surface area (TPSA) is 55.2 Å². The van der Waals surface area contributed by atoms with Gasteiger partial charge >= 0.3 is 0 Å². The van der Waals surface area contributed by atoms with Crippen LogP contribution in [0, 0.1) is 11.6 Å². The zero-order chi connectivity index (χ0) is 24.3. The van der Waals surface area contributed by atoms with E-state index in [-0.39, 0.29) is 28.8 Å². The van der Waals surface area contributed by atoms with Crippen LogP contribution in [0.1, 0.15) is 57.9 Å². The van der Waals surface area contributed by atoms with Crippen LogP contribution in [0.25, 0.3) is 28.6 Å². The van der Waals surface area contributed by atoms with Crippen molar-refractivity contribution in [3.8, 4) is 28.3 Å². The van der Waals surface area contributed by atoms with Crippen LogP contribution in [-0.4, -0.2) is 27.8 Å². The summed E-state index contributed by atoms with van der Waals surface area (Å²) in [4.78, 5) is 8.41. The number of allylic oxidation sites excluding steroid dienone is 1. The van der Waals surface area contributed by atoms with Crippen molar-refractivity contribution in [3.63, 3.8) is 0 Å². The molecule has 0 saturated carbocycles. The second-order valence-corrected chi connectivity index (χ2v) is 8.39. The van der Waals surface area contributed by atoms with Gasteiger partial charge in [0.2, 0.25) is 0 Å². The third-order valence-corrected chi connectivity index (χ3v) is 5.63. The van der Waals surface area contributed by atoms with Crippen LogP contribution in [0.4, 0.5) is 8.78 Å². The summed E-state index contributed by atoms with van der Waals surface area (Å²) in [5, 5.41) is 9.40. The van der Waals surface area contributed by atoms with Crippen molar-refractivity contribution in [2.24, 2.45) is 0 Å². The van der Waals surface area contributed by atoms with Crippen LogP contribution in [0.3, 0.4) is 0 Å². The maximum absolute atomic E-state index is 14.7. The quantitative estimate of drug-likeness (QED) is 0.280. The summed E-state index contributed by atoms with van der Waals surface area (Å²) in [5.41, 5.74) is 1.74. The highest BCUT2D eigenvalue weighted by Crippen LogP contribution is 2.26. The molecule has 6 heteroatoms. The first-order chi connectivity index (χ1) is 16.5. The Morgan fingerprint density at radius 2 is 1.68 bits per heavy atom. The Balaban J connectivity index is 1.56. The van der Waals surface area contributed by atoms with E-state index in [0.717, 1.165) is 37.9 Å². The van der Waals surface area contributed by atoms with Crippen molar-refractivity contribution in [1.82, 2.24) is 9.97 Å². The summed E-state index contributed by atoms with van der Waals surface area (Å²) in [5.74, 6) is -1.60. The largest absolute Gasteiger partial charge is 0.508 e. The van der Waals surface area contributed by atoms with E-state index in [2.05, 4.69) is 23.8 Å². The van der Waals surface area contributed by atoms with Gasteiger partial charge in [-0.05, 0) is 56.4 Å². The van der Waals surface area contributed by atoms with Gasteiger partial charge in [0.15, 0.2) is 17.5 Å². The molecule has 0 amide bonds. The van der Waals surface area contributed by atoms with E-state index >= 15 is 0 Å². The molecule has 0 spiro atoms. The Hall–Kier alpha value is -3.12. The number of nitrogens with zero attached hydrogens (tertiary/aromatic N) is 2. The van der Waals surface area contributed by atoms with Crippen LogP contribution in [0.5, 0.6) is 5.75 Å². The van der Waals surface area contributed by atoms with E-state index < -0.39 is 11.6 Å². The van der Waals surface area contributed by atoms with Gasteiger partial charge in [-0.15, -0.1) is 0 Å². The summed E-state index contributed by atoms with van der Waals surface area (Å²) in [6, 6.07) is 9.63. The van der Waals surface area contributed by atoms with Crippen LogP contribution in [0.2, 0.25) is 0 Å². The lowest BCUT2D eigenvalue weighted by atomic mass is 10.1. The molecule has 34 heavy (non-hydrogen) atoms. The molecule has 1 unspecified atom stereocenters. The Labute approximate surface area is 200 Å². The Bertz CT molecular complexity index is 1070. The SMILES string of the molecule is CCCCCOC(C)CCCC=Cc1ccc(-c2ncc(-c3ccc(O)cc3)cn2)c(F)c1F. The second kappa shape index (κ2) is 12.9. The molecule has 0 aliphatic heterocycles. The van der Waals surface area contributed by atoms with Gasteiger partial charge in [-0.1, -0.05) is 50.1 Å². The molecular weight excluding hydrogens is 434 g/mol. The molecule has 180 valence electrons. The van der Waals surface area contributed by atoms with Crippen molar-refractivity contribution in [2.75, 3.05) is 6.61 Å². The molecule has 3 rings (SSSR count). The molecule has 4 nitrogen and oxygen atoms in total. The first-order valence-corrected chi connectivity index (χ1v) is 11.9. The van der Waals surface area contributed by atoms with E-state index in [4.69, 9.17) is 4.74 Å². The normalized spacial score (nSPS) is 12.4. The van der Waals surface area contributed by atoms with Gasteiger partial charge in [0.25, 0.3) is 0 Å². The number of rotatable bonds is 12. The van der Waals surface area contributed by atoms with Crippen molar-refractivity contribution in [3.05, 3.63) is 72.1 Å². The smallest absolute Gasteiger partial charge is 0.170 e. The van der Waals surface area contributed by atoms with E-state index in [1.165, 1.54) is 18.9 Å². The summed E-state index contributed by atoms with van der Waals surface area (Å²) in [6.45, 7) is 5.04. The number of hydrogen-bond acceptors (Lipinski definition) is 4. The second-order valence-electron chi connectivity index (χ2n) is 8.39. The highest BCUT2D eigenvalue weighted by atomic mass is 19.2. The maximum atomic E-state index is 14.7. The maximum Gasteiger partial charge on any atom is 0.170 e. The molecule has 0 saturated heterocycles. The number of phenolic OH excluding ortho intramolecular Hbond substituents is 1. The predicted molar refractivity (Wildman–Crippen MR) is 132 cm³/mol. The van der Waals surface area contributed by atoms with Crippen LogP contribution >= 0.6 is 0 Å². The van der Waals surface area contributed by atoms with Gasteiger partial charge < -0.3 is 9.84 Å². The minimum atomic E-state index is -0.964. The monoisotopic (exact) mass is 466 g/mol. The molecule has 0 aliphatic carbocycles. The summed E-state index contributed by atoms with van der Waals surface area (Å²) < 4.78 is 35.2. The minimum absolute atomic E-state index is 0.0148. The zero-order valence-corrected chi connectivity index (χ0v) is 19.8. The molecule has 1 aromatic heterocycles. The number of phenols is 1. The van der Waals surface area contributed by atoms with Gasteiger partial charge in [-0.3, -0.25) is 0 Å². The van der Waals surface area contributed by atoms with Crippen molar-refractivity contribution in [2.45, 2.75) is 58.5 Å². The predicted octanol–water partition coefficient (Wildman–Crippen LogP) is 7.57. The molecule has 0 aliphatic rings. The lowest BCUT2D eigenvalue weighted by Gasteiger charge is -2.12. The van der Waals surface area contributed by atoms with Crippen LogP contribution in [-0.2, 0) is 4.74 Å². The van der Waals surface area contributed by atoms with E-state index in [9.17, 15) is 13.9 Å². The molecule has 0 bridgehead atoms. The third kappa shape index (κ3) is 7.19. The average Bonchev–Trinajstić information content (AvgIpc) is 2.85. The number of halogens is 2. The average molecular weight is 467 g/mol. The van der Waals surface area contributed by atoms with Crippen molar-refractivity contribution >= 4 is 6.08 Å². The molecule has 3 aromatic rings. The number of hydrogen-bond donors (Lipinski definition) is 1. The van der Waals surface area contributed by atoms with E-state index in [0.29, 0.717) is 5.56 Å². The number of aromatic hydroxyl groups is 1. The van der Waals surface area contributed by atoms with Crippen molar-refractivity contribution < 1.29 is 18.6 Å². The minimum Gasteiger partial charge on any atom is -0.508 e. The molecule has 2 aromatic carbocycles. The highest BCUT2D eigenvalue weighted by Gasteiger charge is 2.15.